The Kier molecular flexibility index (Phi) is 3.48. The molecule has 3 aromatic heterocycles. The Hall–Kier alpha value is -2.44. The van der Waals surface area contributed by atoms with Crippen LogP contribution in [-0.2, 0) is 13.6 Å². The molecule has 120 valence electrons. The molecule has 0 aliphatic heterocycles. The van der Waals surface area contributed by atoms with Gasteiger partial charge in [-0.05, 0) is 12.8 Å². The summed E-state index contributed by atoms with van der Waals surface area (Å²) in [5, 5.41) is 9.09. The van der Waals surface area contributed by atoms with Gasteiger partial charge >= 0.3 is 0 Å². The first-order valence-electron chi connectivity index (χ1n) is 8.02. The Morgan fingerprint density at radius 3 is 2.87 bits per heavy atom. The van der Waals surface area contributed by atoms with Gasteiger partial charge in [0.1, 0.15) is 11.6 Å². The molecule has 1 aliphatic rings. The van der Waals surface area contributed by atoms with E-state index in [-0.39, 0.29) is 0 Å². The molecule has 4 rings (SSSR count). The van der Waals surface area contributed by atoms with Gasteiger partial charge in [-0.1, -0.05) is 18.0 Å². The Bertz CT molecular complexity index is 803. The largest absolute Gasteiger partial charge is 0.360 e. The number of aryl methyl sites for hydroxylation is 1. The molecule has 23 heavy (non-hydrogen) atoms. The third kappa shape index (κ3) is 2.56. The molecule has 0 amide bonds. The molecule has 0 radical (unpaired) electrons. The number of fused-ring (bicyclic) bond motifs is 1. The summed E-state index contributed by atoms with van der Waals surface area (Å²) in [6.45, 7) is 0.616. The van der Waals surface area contributed by atoms with Crippen molar-refractivity contribution < 1.29 is 4.52 Å². The third-order valence-corrected chi connectivity index (χ3v) is 4.56. The number of anilines is 1. The zero-order chi connectivity index (χ0) is 15.8. The van der Waals surface area contributed by atoms with Crippen molar-refractivity contribution in [1.29, 1.82) is 0 Å². The van der Waals surface area contributed by atoms with Gasteiger partial charge in [0.15, 0.2) is 11.4 Å². The molecule has 0 bridgehead atoms. The van der Waals surface area contributed by atoms with Gasteiger partial charge in [-0.2, -0.15) is 5.10 Å². The second-order valence-corrected chi connectivity index (χ2v) is 6.23. The van der Waals surface area contributed by atoms with Crippen molar-refractivity contribution in [3.63, 3.8) is 0 Å². The summed E-state index contributed by atoms with van der Waals surface area (Å²) in [5.41, 5.74) is 0.890. The molecule has 3 aromatic rings. The highest BCUT2D eigenvalue weighted by atomic mass is 16.5. The molecule has 0 N–H and O–H groups in total. The highest BCUT2D eigenvalue weighted by Crippen LogP contribution is 2.34. The lowest BCUT2D eigenvalue weighted by atomic mass is 10.1. The van der Waals surface area contributed by atoms with Gasteiger partial charge in [-0.25, -0.2) is 9.97 Å². The molecule has 7 nitrogen and oxygen atoms in total. The molecule has 1 saturated carbocycles. The zero-order valence-corrected chi connectivity index (χ0v) is 13.4. The summed E-state index contributed by atoms with van der Waals surface area (Å²) in [6, 6.07) is 1.87. The summed E-state index contributed by atoms with van der Waals surface area (Å²) in [7, 11) is 3.93. The highest BCUT2D eigenvalue weighted by molar-refractivity contribution is 5.86. The van der Waals surface area contributed by atoms with Crippen molar-refractivity contribution in [3.05, 3.63) is 30.0 Å². The van der Waals surface area contributed by atoms with Crippen LogP contribution < -0.4 is 4.90 Å². The minimum Gasteiger partial charge on any atom is -0.360 e. The van der Waals surface area contributed by atoms with Gasteiger partial charge in [-0.15, -0.1) is 0 Å². The molecule has 1 aliphatic carbocycles. The van der Waals surface area contributed by atoms with Crippen LogP contribution in [0, 0.1) is 0 Å². The SMILES string of the molecule is CN(Cc1ccno1)c1nc(C2CCCC2)nc2c1cnn2C. The van der Waals surface area contributed by atoms with Crippen LogP contribution in [0.4, 0.5) is 5.82 Å². The fraction of sp³-hybridized carbons (Fsp3) is 0.500. The van der Waals surface area contributed by atoms with Crippen molar-refractivity contribution in [3.8, 4) is 0 Å². The van der Waals surface area contributed by atoms with Crippen LogP contribution >= 0.6 is 0 Å². The topological polar surface area (TPSA) is 72.9 Å². The maximum absolute atomic E-state index is 5.22. The van der Waals surface area contributed by atoms with E-state index < -0.39 is 0 Å². The van der Waals surface area contributed by atoms with Crippen LogP contribution in [0.25, 0.3) is 11.0 Å². The molecule has 0 spiro atoms. The molecule has 0 unspecified atom stereocenters. The van der Waals surface area contributed by atoms with Crippen molar-refractivity contribution in [2.75, 3.05) is 11.9 Å². The molecular formula is C16H20N6O. The van der Waals surface area contributed by atoms with Gasteiger partial charge in [0.25, 0.3) is 0 Å². The van der Waals surface area contributed by atoms with Gasteiger partial charge in [-0.3, -0.25) is 4.68 Å². The van der Waals surface area contributed by atoms with E-state index in [0.29, 0.717) is 12.5 Å². The number of hydrogen-bond acceptors (Lipinski definition) is 6. The van der Waals surface area contributed by atoms with Gasteiger partial charge in [0, 0.05) is 26.1 Å². The van der Waals surface area contributed by atoms with E-state index in [1.165, 1.54) is 25.7 Å². The monoisotopic (exact) mass is 312 g/mol. The van der Waals surface area contributed by atoms with Crippen molar-refractivity contribution >= 4 is 16.9 Å². The van der Waals surface area contributed by atoms with Crippen LogP contribution in [0.1, 0.15) is 43.2 Å². The lowest BCUT2D eigenvalue weighted by Gasteiger charge is -2.19. The summed E-state index contributed by atoms with van der Waals surface area (Å²) in [6.07, 6.45) is 8.37. The third-order valence-electron chi connectivity index (χ3n) is 4.56. The number of nitrogens with zero attached hydrogens (tertiary/aromatic N) is 6. The molecular weight excluding hydrogens is 292 g/mol. The number of rotatable bonds is 4. The Morgan fingerprint density at radius 1 is 1.30 bits per heavy atom. The lowest BCUT2D eigenvalue weighted by molar-refractivity contribution is 0.383. The fourth-order valence-corrected chi connectivity index (χ4v) is 3.31. The van der Waals surface area contributed by atoms with E-state index in [9.17, 15) is 0 Å². The van der Waals surface area contributed by atoms with Crippen LogP contribution in [0.15, 0.2) is 23.0 Å². The summed E-state index contributed by atoms with van der Waals surface area (Å²) < 4.78 is 7.04. The second-order valence-electron chi connectivity index (χ2n) is 6.23. The quantitative estimate of drug-likeness (QED) is 0.737. The van der Waals surface area contributed by atoms with E-state index in [1.54, 1.807) is 6.20 Å². The molecule has 0 atom stereocenters. The maximum Gasteiger partial charge on any atom is 0.163 e. The first-order chi connectivity index (χ1) is 11.2. The molecule has 7 heteroatoms. The number of aromatic nitrogens is 5. The van der Waals surface area contributed by atoms with Crippen molar-refractivity contribution in [2.24, 2.45) is 7.05 Å². The van der Waals surface area contributed by atoms with E-state index in [1.807, 2.05) is 31.0 Å². The van der Waals surface area contributed by atoms with E-state index in [4.69, 9.17) is 14.5 Å². The van der Waals surface area contributed by atoms with Gasteiger partial charge in [0.05, 0.1) is 24.3 Å². The first kappa shape index (κ1) is 14.2. The summed E-state index contributed by atoms with van der Waals surface area (Å²) in [4.78, 5) is 11.7. The minimum absolute atomic E-state index is 0.465. The zero-order valence-electron chi connectivity index (χ0n) is 13.4. The van der Waals surface area contributed by atoms with Crippen LogP contribution in [0.2, 0.25) is 0 Å². The van der Waals surface area contributed by atoms with Crippen LogP contribution in [-0.4, -0.2) is 32.0 Å². The maximum atomic E-state index is 5.22. The minimum atomic E-state index is 0.465. The average molecular weight is 312 g/mol. The molecule has 0 aromatic carbocycles. The van der Waals surface area contributed by atoms with E-state index >= 15 is 0 Å². The number of hydrogen-bond donors (Lipinski definition) is 0. The van der Waals surface area contributed by atoms with Gasteiger partial charge in [0.2, 0.25) is 0 Å². The fourth-order valence-electron chi connectivity index (χ4n) is 3.31. The summed E-state index contributed by atoms with van der Waals surface area (Å²) >= 11 is 0. The van der Waals surface area contributed by atoms with E-state index in [2.05, 4.69) is 15.2 Å². The Morgan fingerprint density at radius 2 is 2.13 bits per heavy atom. The Labute approximate surface area is 134 Å². The Balaban J connectivity index is 1.76. The van der Waals surface area contributed by atoms with Crippen LogP contribution in [0.3, 0.4) is 0 Å². The normalized spacial score (nSPS) is 15.6. The predicted molar refractivity (Wildman–Crippen MR) is 86.1 cm³/mol. The molecule has 3 heterocycles. The molecule has 1 fully saturated rings. The molecule has 0 saturated heterocycles. The van der Waals surface area contributed by atoms with E-state index in [0.717, 1.165) is 28.4 Å². The first-order valence-corrected chi connectivity index (χ1v) is 8.02. The summed E-state index contributed by atoms with van der Waals surface area (Å²) in [5.74, 6) is 3.12. The van der Waals surface area contributed by atoms with Crippen molar-refractivity contribution in [2.45, 2.75) is 38.1 Å². The highest BCUT2D eigenvalue weighted by Gasteiger charge is 2.23. The van der Waals surface area contributed by atoms with Crippen molar-refractivity contribution in [1.82, 2.24) is 24.9 Å². The second kappa shape index (κ2) is 5.64. The predicted octanol–water partition coefficient (Wildman–Crippen LogP) is 2.65. The van der Waals surface area contributed by atoms with Crippen LogP contribution in [0.5, 0.6) is 0 Å². The standard InChI is InChI=1S/C16H20N6O/c1-21(10-12-7-8-18-23-12)15-13-9-17-22(2)16(13)20-14(19-15)11-5-3-4-6-11/h7-9,11H,3-6,10H2,1-2H3. The average Bonchev–Trinajstić information content (AvgIpc) is 3.28. The lowest BCUT2D eigenvalue weighted by Crippen LogP contribution is -2.19. The van der Waals surface area contributed by atoms with Gasteiger partial charge < -0.3 is 9.42 Å². The smallest absolute Gasteiger partial charge is 0.163 e.